The molecule has 0 aromatic rings. The molecular formula is C17H26Br2. The van der Waals surface area contributed by atoms with Gasteiger partial charge in [0.2, 0.25) is 0 Å². The van der Waals surface area contributed by atoms with E-state index in [4.69, 9.17) is 0 Å². The fourth-order valence-electron chi connectivity index (χ4n) is 4.04. The second kappa shape index (κ2) is 8.02. The van der Waals surface area contributed by atoms with Gasteiger partial charge >= 0.3 is 0 Å². The Kier molecular flexibility index (Phi) is 6.68. The van der Waals surface area contributed by atoms with Gasteiger partial charge in [-0.2, -0.15) is 0 Å². The molecule has 0 bridgehead atoms. The number of hydrogen-bond acceptors (Lipinski definition) is 0. The van der Waals surface area contributed by atoms with Crippen LogP contribution in [-0.2, 0) is 0 Å². The summed E-state index contributed by atoms with van der Waals surface area (Å²) in [5.41, 5.74) is 0. The molecule has 108 valence electrons. The van der Waals surface area contributed by atoms with Gasteiger partial charge in [-0.3, -0.25) is 0 Å². The zero-order valence-electron chi connectivity index (χ0n) is 12.0. The Bertz CT molecular complexity index is 312. The Balaban J connectivity index is 1.75. The summed E-state index contributed by atoms with van der Waals surface area (Å²) in [6.07, 6.45) is 18.5. The standard InChI is InChI=1S/C17H26Br2/c1-2-3-13-4-8-15(9-5-13)16-10-6-14(7-11-16)12-17(18)19/h2-3,12-16H,4-11H2,1H3/t13-,14-,15-,16-. The summed E-state index contributed by atoms with van der Waals surface area (Å²) >= 11 is 6.99. The summed E-state index contributed by atoms with van der Waals surface area (Å²) in [4.78, 5) is 0. The molecule has 2 aliphatic carbocycles. The second-order valence-electron chi connectivity index (χ2n) is 6.33. The van der Waals surface area contributed by atoms with E-state index in [-0.39, 0.29) is 0 Å². The zero-order chi connectivity index (χ0) is 13.7. The SMILES string of the molecule is CC=C[C@H]1CC[C@H]([C@H]2CC[C@H](C=C(Br)Br)CC2)CC1. The first-order chi connectivity index (χ1) is 9.19. The van der Waals surface area contributed by atoms with Crippen LogP contribution in [0.4, 0.5) is 0 Å². The fraction of sp³-hybridized carbons (Fsp3) is 0.765. The van der Waals surface area contributed by atoms with Crippen LogP contribution in [0.5, 0.6) is 0 Å². The Morgan fingerprint density at radius 1 is 0.789 bits per heavy atom. The van der Waals surface area contributed by atoms with Crippen molar-refractivity contribution in [3.63, 3.8) is 0 Å². The molecule has 2 saturated carbocycles. The number of rotatable bonds is 3. The average Bonchev–Trinajstić information content (AvgIpc) is 2.40. The van der Waals surface area contributed by atoms with Crippen molar-refractivity contribution < 1.29 is 0 Å². The molecule has 2 heteroatoms. The molecule has 0 unspecified atom stereocenters. The largest absolute Gasteiger partial charge is 0.0914 e. The molecule has 0 heterocycles. The lowest BCUT2D eigenvalue weighted by atomic mass is 9.69. The molecular weight excluding hydrogens is 364 g/mol. The third kappa shape index (κ3) is 5.04. The van der Waals surface area contributed by atoms with E-state index >= 15 is 0 Å². The maximum absolute atomic E-state index is 3.49. The maximum atomic E-state index is 3.49. The minimum absolute atomic E-state index is 0.796. The molecule has 0 aromatic heterocycles. The van der Waals surface area contributed by atoms with Crippen LogP contribution < -0.4 is 0 Å². The van der Waals surface area contributed by atoms with Crippen molar-refractivity contribution in [2.45, 2.75) is 58.3 Å². The van der Waals surface area contributed by atoms with Crippen LogP contribution in [0.3, 0.4) is 0 Å². The normalized spacial score (nSPS) is 36.4. The summed E-state index contributed by atoms with van der Waals surface area (Å²) in [6, 6.07) is 0. The van der Waals surface area contributed by atoms with Gasteiger partial charge in [0.15, 0.2) is 0 Å². The van der Waals surface area contributed by atoms with E-state index in [0.717, 1.165) is 27.1 Å². The van der Waals surface area contributed by atoms with Crippen molar-refractivity contribution >= 4 is 31.9 Å². The Hall–Kier alpha value is 0.440. The van der Waals surface area contributed by atoms with Crippen LogP contribution in [0.2, 0.25) is 0 Å². The van der Waals surface area contributed by atoms with E-state index in [0.29, 0.717) is 0 Å². The predicted octanol–water partition coefficient (Wildman–Crippen LogP) is 6.81. The Morgan fingerprint density at radius 3 is 1.68 bits per heavy atom. The average molecular weight is 390 g/mol. The van der Waals surface area contributed by atoms with Crippen molar-refractivity contribution in [3.8, 4) is 0 Å². The smallest absolute Gasteiger partial charge is 0.0567 e. The van der Waals surface area contributed by atoms with Gasteiger partial charge < -0.3 is 0 Å². The molecule has 19 heavy (non-hydrogen) atoms. The molecule has 0 atom stereocenters. The van der Waals surface area contributed by atoms with E-state index < -0.39 is 0 Å². The first kappa shape index (κ1) is 15.8. The van der Waals surface area contributed by atoms with Gasteiger partial charge in [-0.05, 0) is 114 Å². The first-order valence-electron chi connectivity index (χ1n) is 7.84. The quantitative estimate of drug-likeness (QED) is 0.465. The molecule has 0 nitrogen and oxygen atoms in total. The third-order valence-corrected chi connectivity index (χ3v) is 5.65. The van der Waals surface area contributed by atoms with Crippen molar-refractivity contribution in [3.05, 3.63) is 21.6 Å². The van der Waals surface area contributed by atoms with Gasteiger partial charge in [0.1, 0.15) is 0 Å². The number of hydrogen-bond donors (Lipinski definition) is 0. The summed E-state index contributed by atoms with van der Waals surface area (Å²) in [5, 5.41) is 0. The lowest BCUT2D eigenvalue weighted by Crippen LogP contribution is -2.25. The summed E-state index contributed by atoms with van der Waals surface area (Å²) in [5.74, 6) is 3.72. The molecule has 2 fully saturated rings. The van der Waals surface area contributed by atoms with Gasteiger partial charge in [-0.25, -0.2) is 0 Å². The highest BCUT2D eigenvalue weighted by Crippen LogP contribution is 2.42. The molecule has 0 spiro atoms. The molecule has 0 amide bonds. The van der Waals surface area contributed by atoms with Crippen LogP contribution in [0, 0.1) is 23.7 Å². The molecule has 0 saturated heterocycles. The van der Waals surface area contributed by atoms with Gasteiger partial charge in [-0.15, -0.1) is 0 Å². The van der Waals surface area contributed by atoms with Crippen molar-refractivity contribution in [2.24, 2.45) is 23.7 Å². The molecule has 0 radical (unpaired) electrons. The monoisotopic (exact) mass is 388 g/mol. The van der Waals surface area contributed by atoms with Crippen molar-refractivity contribution in [1.29, 1.82) is 0 Å². The van der Waals surface area contributed by atoms with Gasteiger partial charge in [0.25, 0.3) is 0 Å². The molecule has 2 rings (SSSR count). The highest BCUT2D eigenvalue weighted by molar-refractivity contribution is 9.28. The van der Waals surface area contributed by atoms with E-state index in [2.05, 4.69) is 57.0 Å². The highest BCUT2D eigenvalue weighted by atomic mass is 79.9. The van der Waals surface area contributed by atoms with E-state index in [1.165, 1.54) is 51.4 Å². The fourth-order valence-corrected chi connectivity index (χ4v) is 4.79. The molecule has 0 N–H and O–H groups in total. The third-order valence-electron chi connectivity index (χ3n) is 5.13. The van der Waals surface area contributed by atoms with Gasteiger partial charge in [-0.1, -0.05) is 18.2 Å². The van der Waals surface area contributed by atoms with Gasteiger partial charge in [0, 0.05) is 0 Å². The summed E-state index contributed by atoms with van der Waals surface area (Å²) in [7, 11) is 0. The van der Waals surface area contributed by atoms with Crippen LogP contribution in [0.25, 0.3) is 0 Å². The lowest BCUT2D eigenvalue weighted by Gasteiger charge is -2.36. The van der Waals surface area contributed by atoms with Crippen LogP contribution in [0.1, 0.15) is 58.3 Å². The van der Waals surface area contributed by atoms with Crippen molar-refractivity contribution in [1.82, 2.24) is 0 Å². The maximum Gasteiger partial charge on any atom is 0.0567 e. The summed E-state index contributed by atoms with van der Waals surface area (Å²) in [6.45, 7) is 2.16. The van der Waals surface area contributed by atoms with E-state index in [1.807, 2.05) is 0 Å². The lowest BCUT2D eigenvalue weighted by molar-refractivity contribution is 0.166. The number of allylic oxidation sites excluding steroid dienone is 3. The van der Waals surface area contributed by atoms with E-state index in [9.17, 15) is 0 Å². The van der Waals surface area contributed by atoms with Crippen LogP contribution in [-0.4, -0.2) is 0 Å². The van der Waals surface area contributed by atoms with Crippen LogP contribution in [0.15, 0.2) is 21.6 Å². The highest BCUT2D eigenvalue weighted by Gasteiger charge is 2.29. The molecule has 0 aliphatic heterocycles. The van der Waals surface area contributed by atoms with E-state index in [1.54, 1.807) is 0 Å². The number of halogens is 2. The van der Waals surface area contributed by atoms with Gasteiger partial charge in [0.05, 0.1) is 3.39 Å². The second-order valence-corrected chi connectivity index (χ2v) is 9.10. The minimum atomic E-state index is 0.796. The topological polar surface area (TPSA) is 0 Å². The van der Waals surface area contributed by atoms with Crippen LogP contribution >= 0.6 is 31.9 Å². The van der Waals surface area contributed by atoms with Crippen molar-refractivity contribution in [2.75, 3.05) is 0 Å². The molecule has 2 aliphatic rings. The zero-order valence-corrected chi connectivity index (χ0v) is 15.1. The minimum Gasteiger partial charge on any atom is -0.0914 e. The molecule has 0 aromatic carbocycles. The summed E-state index contributed by atoms with van der Waals surface area (Å²) < 4.78 is 1.13. The first-order valence-corrected chi connectivity index (χ1v) is 9.43. The predicted molar refractivity (Wildman–Crippen MR) is 91.6 cm³/mol. The Labute approximate surface area is 135 Å². The Morgan fingerprint density at radius 2 is 1.26 bits per heavy atom.